The van der Waals surface area contributed by atoms with Crippen molar-refractivity contribution in [1.29, 1.82) is 0 Å². The van der Waals surface area contributed by atoms with Gasteiger partial charge in [-0.25, -0.2) is 0 Å². The van der Waals surface area contributed by atoms with E-state index in [9.17, 15) is 5.11 Å². The van der Waals surface area contributed by atoms with Crippen molar-refractivity contribution >= 4 is 0 Å². The van der Waals surface area contributed by atoms with Crippen molar-refractivity contribution in [3.63, 3.8) is 0 Å². The van der Waals surface area contributed by atoms with Gasteiger partial charge in [-0.2, -0.15) is 0 Å². The third-order valence-corrected chi connectivity index (χ3v) is 3.61. The summed E-state index contributed by atoms with van der Waals surface area (Å²) in [4.78, 5) is 2.23. The van der Waals surface area contributed by atoms with Gasteiger partial charge >= 0.3 is 0 Å². The normalized spacial score (nSPS) is 22.2. The first-order valence-corrected chi connectivity index (χ1v) is 6.58. The number of hydrogen-bond donors (Lipinski definition) is 2. The molecule has 1 fully saturated rings. The third-order valence-electron chi connectivity index (χ3n) is 3.61. The Morgan fingerprint density at radius 3 is 2.79 bits per heavy atom. The molecular weight excluding hydrogens is 244 g/mol. The van der Waals surface area contributed by atoms with Gasteiger partial charge in [0.2, 0.25) is 0 Å². The predicted molar refractivity (Wildman–Crippen MR) is 73.2 cm³/mol. The fourth-order valence-corrected chi connectivity index (χ4v) is 2.52. The van der Waals surface area contributed by atoms with Gasteiger partial charge in [-0.1, -0.05) is 12.1 Å². The molecular formula is C14H22N2O3. The summed E-state index contributed by atoms with van der Waals surface area (Å²) in [6.07, 6.45) is 0. The number of rotatable bonds is 5. The van der Waals surface area contributed by atoms with Crippen molar-refractivity contribution in [3.05, 3.63) is 29.8 Å². The summed E-state index contributed by atoms with van der Waals surface area (Å²) in [6.45, 7) is 2.64. The van der Waals surface area contributed by atoms with Crippen LogP contribution in [0, 0.1) is 0 Å². The molecule has 19 heavy (non-hydrogen) atoms. The first kappa shape index (κ1) is 14.3. The molecule has 1 aliphatic heterocycles. The number of hydrogen-bond acceptors (Lipinski definition) is 5. The van der Waals surface area contributed by atoms with Crippen LogP contribution in [0.15, 0.2) is 24.3 Å². The van der Waals surface area contributed by atoms with Gasteiger partial charge < -0.3 is 20.3 Å². The molecule has 0 spiro atoms. The Balaban J connectivity index is 2.17. The minimum atomic E-state index is 0.0180. The molecule has 0 radical (unpaired) electrons. The Kier molecular flexibility index (Phi) is 5.15. The molecule has 1 aromatic carbocycles. The maximum absolute atomic E-state index is 9.45. The summed E-state index contributed by atoms with van der Waals surface area (Å²) in [5.74, 6) is 0.834. The second-order valence-corrected chi connectivity index (χ2v) is 4.67. The third kappa shape index (κ3) is 3.25. The number of aliphatic hydroxyl groups excluding tert-OH is 1. The molecule has 5 nitrogen and oxygen atoms in total. The number of ether oxygens (including phenoxy) is 2. The van der Waals surface area contributed by atoms with Gasteiger partial charge in [0.05, 0.1) is 33.0 Å². The Morgan fingerprint density at radius 1 is 1.47 bits per heavy atom. The van der Waals surface area contributed by atoms with E-state index in [-0.39, 0.29) is 18.7 Å². The summed E-state index contributed by atoms with van der Waals surface area (Å²) in [7, 11) is 1.65. The lowest BCUT2D eigenvalue weighted by atomic mass is 10.0. The molecule has 2 rings (SSSR count). The SMILES string of the molecule is COc1ccc(C(CN)N2CCOCC2CO)cc1. The molecule has 0 aromatic heterocycles. The molecule has 5 heteroatoms. The summed E-state index contributed by atoms with van der Waals surface area (Å²) in [5.41, 5.74) is 7.07. The lowest BCUT2D eigenvalue weighted by Crippen LogP contribution is -2.50. The summed E-state index contributed by atoms with van der Waals surface area (Å²) < 4.78 is 10.6. The van der Waals surface area contributed by atoms with Gasteiger partial charge in [-0.15, -0.1) is 0 Å². The van der Waals surface area contributed by atoms with Crippen LogP contribution in [0.1, 0.15) is 11.6 Å². The minimum absolute atomic E-state index is 0.0180. The number of aliphatic hydroxyl groups is 1. The lowest BCUT2D eigenvalue weighted by molar-refractivity contribution is -0.0463. The van der Waals surface area contributed by atoms with E-state index in [2.05, 4.69) is 4.90 Å². The zero-order valence-corrected chi connectivity index (χ0v) is 11.3. The second-order valence-electron chi connectivity index (χ2n) is 4.67. The standard InChI is InChI=1S/C14H22N2O3/c1-18-13-4-2-11(3-5-13)14(8-15)16-6-7-19-10-12(16)9-17/h2-5,12,14,17H,6-10,15H2,1H3. The van der Waals surface area contributed by atoms with E-state index in [1.807, 2.05) is 24.3 Å². The maximum Gasteiger partial charge on any atom is 0.118 e. The molecule has 1 aromatic rings. The van der Waals surface area contributed by atoms with Crippen LogP contribution < -0.4 is 10.5 Å². The summed E-state index contributed by atoms with van der Waals surface area (Å²) >= 11 is 0. The van der Waals surface area contributed by atoms with Gasteiger partial charge in [0.25, 0.3) is 0 Å². The molecule has 106 valence electrons. The maximum atomic E-state index is 9.45. The molecule has 1 heterocycles. The predicted octanol–water partition coefficient (Wildman–Crippen LogP) is 0.388. The number of nitrogens with two attached hydrogens (primary N) is 1. The van der Waals surface area contributed by atoms with Crippen molar-refractivity contribution < 1.29 is 14.6 Å². The highest BCUT2D eigenvalue weighted by Crippen LogP contribution is 2.25. The summed E-state index contributed by atoms with van der Waals surface area (Å²) in [6, 6.07) is 8.05. The molecule has 0 bridgehead atoms. The van der Waals surface area contributed by atoms with Gasteiger partial charge in [-0.05, 0) is 17.7 Å². The molecule has 1 aliphatic rings. The van der Waals surface area contributed by atoms with Gasteiger partial charge in [0.15, 0.2) is 0 Å². The quantitative estimate of drug-likeness (QED) is 0.807. The molecule has 1 saturated heterocycles. The van der Waals surface area contributed by atoms with Crippen molar-refractivity contribution in [3.8, 4) is 5.75 Å². The van der Waals surface area contributed by atoms with Crippen LogP contribution >= 0.6 is 0 Å². The van der Waals surface area contributed by atoms with Crippen LogP contribution in [0.3, 0.4) is 0 Å². The molecule has 0 aliphatic carbocycles. The van der Waals surface area contributed by atoms with Crippen LogP contribution in [0.25, 0.3) is 0 Å². The first-order chi connectivity index (χ1) is 9.30. The monoisotopic (exact) mass is 266 g/mol. The van der Waals surface area contributed by atoms with E-state index in [0.29, 0.717) is 19.8 Å². The van der Waals surface area contributed by atoms with Crippen LogP contribution in [0.4, 0.5) is 0 Å². The highest BCUT2D eigenvalue weighted by molar-refractivity contribution is 5.29. The fraction of sp³-hybridized carbons (Fsp3) is 0.571. The van der Waals surface area contributed by atoms with Crippen LogP contribution in [-0.2, 0) is 4.74 Å². The molecule has 2 atom stereocenters. The number of methoxy groups -OCH3 is 1. The van der Waals surface area contributed by atoms with Crippen molar-refractivity contribution in [2.24, 2.45) is 5.73 Å². The highest BCUT2D eigenvalue weighted by Gasteiger charge is 2.29. The molecule has 2 unspecified atom stereocenters. The second kappa shape index (κ2) is 6.86. The van der Waals surface area contributed by atoms with E-state index >= 15 is 0 Å². The Bertz CT molecular complexity index is 383. The number of nitrogens with zero attached hydrogens (tertiary/aromatic N) is 1. The zero-order valence-electron chi connectivity index (χ0n) is 11.3. The minimum Gasteiger partial charge on any atom is -0.497 e. The van der Waals surface area contributed by atoms with Crippen molar-refractivity contribution in [1.82, 2.24) is 4.90 Å². The molecule has 0 saturated carbocycles. The van der Waals surface area contributed by atoms with E-state index in [0.717, 1.165) is 17.9 Å². The average molecular weight is 266 g/mol. The molecule has 3 N–H and O–H groups in total. The smallest absolute Gasteiger partial charge is 0.118 e. The Hall–Kier alpha value is -1.14. The van der Waals surface area contributed by atoms with E-state index in [1.54, 1.807) is 7.11 Å². The first-order valence-electron chi connectivity index (χ1n) is 6.58. The van der Waals surface area contributed by atoms with Gasteiger partial charge in [0, 0.05) is 19.1 Å². The van der Waals surface area contributed by atoms with Crippen LogP contribution in [0.5, 0.6) is 5.75 Å². The largest absolute Gasteiger partial charge is 0.497 e. The van der Waals surface area contributed by atoms with Crippen LogP contribution in [0.2, 0.25) is 0 Å². The highest BCUT2D eigenvalue weighted by atomic mass is 16.5. The van der Waals surface area contributed by atoms with E-state index in [4.69, 9.17) is 15.2 Å². The zero-order chi connectivity index (χ0) is 13.7. The summed E-state index contributed by atoms with van der Waals surface area (Å²) in [5, 5.41) is 9.45. The average Bonchev–Trinajstić information content (AvgIpc) is 2.49. The number of benzene rings is 1. The van der Waals surface area contributed by atoms with Gasteiger partial charge in [0.1, 0.15) is 5.75 Å². The van der Waals surface area contributed by atoms with E-state index < -0.39 is 0 Å². The number of morpholine rings is 1. The lowest BCUT2D eigenvalue weighted by Gasteiger charge is -2.40. The topological polar surface area (TPSA) is 68.0 Å². The van der Waals surface area contributed by atoms with Crippen molar-refractivity contribution in [2.75, 3.05) is 40.0 Å². The van der Waals surface area contributed by atoms with Gasteiger partial charge in [-0.3, -0.25) is 4.90 Å². The van der Waals surface area contributed by atoms with E-state index in [1.165, 1.54) is 0 Å². The molecule has 0 amide bonds. The van der Waals surface area contributed by atoms with Crippen LogP contribution in [-0.4, -0.2) is 56.1 Å². The Morgan fingerprint density at radius 2 is 2.21 bits per heavy atom. The Labute approximate surface area is 113 Å². The van der Waals surface area contributed by atoms with Crippen molar-refractivity contribution in [2.45, 2.75) is 12.1 Å². The fourth-order valence-electron chi connectivity index (χ4n) is 2.52.